The minimum absolute atomic E-state index is 0.141. The molecule has 7 heteroatoms. The van der Waals surface area contributed by atoms with Gasteiger partial charge in [0.25, 0.3) is 5.91 Å². The molecule has 3 rings (SSSR count). The van der Waals surface area contributed by atoms with E-state index in [0.717, 1.165) is 10.2 Å². The average molecular weight is 335 g/mol. The largest absolute Gasteiger partial charge is 0.300 e. The number of carbonyl (C=O) groups is 1. The molecular weight excluding hydrogens is 320 g/mol. The van der Waals surface area contributed by atoms with Gasteiger partial charge in [0.1, 0.15) is 6.04 Å². The van der Waals surface area contributed by atoms with Crippen LogP contribution in [0.4, 0.5) is 5.13 Å². The van der Waals surface area contributed by atoms with Gasteiger partial charge >= 0.3 is 0 Å². The summed E-state index contributed by atoms with van der Waals surface area (Å²) in [5.41, 5.74) is 2.06. The van der Waals surface area contributed by atoms with Gasteiger partial charge in [-0.15, -0.1) is 0 Å². The van der Waals surface area contributed by atoms with Crippen molar-refractivity contribution in [2.24, 2.45) is 0 Å². The third-order valence-electron chi connectivity index (χ3n) is 3.35. The van der Waals surface area contributed by atoms with Crippen LogP contribution in [0, 0.1) is 6.92 Å². The maximum Gasteiger partial charge on any atom is 0.251 e. The fourth-order valence-corrected chi connectivity index (χ4v) is 3.36. The molecule has 0 aliphatic heterocycles. The van der Waals surface area contributed by atoms with Crippen LogP contribution in [0.15, 0.2) is 30.6 Å². The number of rotatable bonds is 4. The molecule has 0 aliphatic rings. The quantitative estimate of drug-likeness (QED) is 0.783. The summed E-state index contributed by atoms with van der Waals surface area (Å²) in [6, 6.07) is 5.63. The first-order valence-corrected chi connectivity index (χ1v) is 8.14. The highest BCUT2D eigenvalue weighted by Crippen LogP contribution is 2.27. The molecule has 1 unspecified atom stereocenters. The van der Waals surface area contributed by atoms with E-state index in [1.165, 1.54) is 23.1 Å². The van der Waals surface area contributed by atoms with Gasteiger partial charge < -0.3 is 5.32 Å². The summed E-state index contributed by atoms with van der Waals surface area (Å²) in [5.74, 6) is -0.141. The molecule has 2 heterocycles. The molecule has 0 radical (unpaired) electrons. The summed E-state index contributed by atoms with van der Waals surface area (Å²) in [6.45, 7) is 3.97. The predicted octanol–water partition coefficient (Wildman–Crippen LogP) is 4.04. The zero-order valence-electron chi connectivity index (χ0n) is 12.2. The normalized spacial score (nSPS) is 12.5. The van der Waals surface area contributed by atoms with E-state index in [-0.39, 0.29) is 5.91 Å². The Balaban J connectivity index is 1.82. The smallest absolute Gasteiger partial charge is 0.251 e. The lowest BCUT2D eigenvalue weighted by Crippen LogP contribution is -2.25. The predicted molar refractivity (Wildman–Crippen MR) is 89.6 cm³/mol. The Morgan fingerprint density at radius 2 is 2.32 bits per heavy atom. The van der Waals surface area contributed by atoms with Crippen LogP contribution < -0.4 is 5.32 Å². The van der Waals surface area contributed by atoms with E-state index in [1.54, 1.807) is 10.9 Å². The average Bonchev–Trinajstić information content (AvgIpc) is 3.05. The Hall–Kier alpha value is -1.92. The fourth-order valence-electron chi connectivity index (χ4n) is 2.25. The number of amides is 1. The molecular formula is C15H15ClN4OS. The van der Waals surface area contributed by atoms with Crippen molar-refractivity contribution in [2.45, 2.75) is 26.3 Å². The monoisotopic (exact) mass is 334 g/mol. The maximum absolute atomic E-state index is 12.4. The molecule has 1 aromatic carbocycles. The number of aromatic nitrogens is 3. The molecule has 0 bridgehead atoms. The van der Waals surface area contributed by atoms with E-state index in [4.69, 9.17) is 11.6 Å². The number of carbonyl (C=O) groups excluding carboxylic acids is 1. The molecule has 1 amide bonds. The summed E-state index contributed by atoms with van der Waals surface area (Å²) in [5, 5.41) is 8.10. The minimum atomic E-state index is -0.402. The molecule has 0 saturated carbocycles. The lowest BCUT2D eigenvalue weighted by atomic mass is 10.2. The summed E-state index contributed by atoms with van der Waals surface area (Å²) >= 11 is 7.34. The first kappa shape index (κ1) is 15.0. The molecule has 1 N–H and O–H groups in total. The molecule has 0 saturated heterocycles. The number of nitrogens with one attached hydrogen (secondary N) is 1. The van der Waals surface area contributed by atoms with E-state index >= 15 is 0 Å². The Labute approximate surface area is 136 Å². The van der Waals surface area contributed by atoms with Gasteiger partial charge in [-0.3, -0.25) is 9.48 Å². The lowest BCUT2D eigenvalue weighted by molar-refractivity contribution is -0.119. The topological polar surface area (TPSA) is 59.8 Å². The first-order valence-electron chi connectivity index (χ1n) is 6.94. The van der Waals surface area contributed by atoms with Gasteiger partial charge in [0.2, 0.25) is 0 Å². The second kappa shape index (κ2) is 6.06. The van der Waals surface area contributed by atoms with Crippen molar-refractivity contribution in [3.8, 4) is 0 Å². The Bertz CT molecular complexity index is 826. The van der Waals surface area contributed by atoms with Crippen molar-refractivity contribution in [1.29, 1.82) is 0 Å². The number of aryl methyl sites for hydroxylation is 1. The fraction of sp³-hybridized carbons (Fsp3) is 0.267. The standard InChI is InChI=1S/C15H15ClN4OS/c1-3-12(20-8-10(16)7-17-20)14(21)19-15-18-11-5-4-9(2)6-13(11)22-15/h4-8,12H,3H2,1-2H3,(H,18,19,21). The molecule has 5 nitrogen and oxygen atoms in total. The molecule has 2 aromatic heterocycles. The lowest BCUT2D eigenvalue weighted by Gasteiger charge is -2.14. The molecule has 0 spiro atoms. The third-order valence-corrected chi connectivity index (χ3v) is 4.48. The molecule has 1 atom stereocenters. The Morgan fingerprint density at radius 3 is 3.00 bits per heavy atom. The second-order valence-electron chi connectivity index (χ2n) is 5.04. The number of hydrogen-bond donors (Lipinski definition) is 1. The number of halogens is 1. The van der Waals surface area contributed by atoms with Gasteiger partial charge in [0.05, 0.1) is 21.4 Å². The van der Waals surface area contributed by atoms with Crippen LogP contribution in [0.25, 0.3) is 10.2 Å². The second-order valence-corrected chi connectivity index (χ2v) is 6.51. The highest BCUT2D eigenvalue weighted by Gasteiger charge is 2.20. The Kier molecular flexibility index (Phi) is 4.13. The molecule has 114 valence electrons. The first-order chi connectivity index (χ1) is 10.6. The highest BCUT2D eigenvalue weighted by molar-refractivity contribution is 7.22. The Morgan fingerprint density at radius 1 is 1.50 bits per heavy atom. The molecule has 22 heavy (non-hydrogen) atoms. The van der Waals surface area contributed by atoms with Crippen LogP contribution in [0.1, 0.15) is 24.9 Å². The van der Waals surface area contributed by atoms with E-state index in [0.29, 0.717) is 16.6 Å². The summed E-state index contributed by atoms with van der Waals surface area (Å²) in [6.07, 6.45) is 3.79. The number of hydrogen-bond acceptors (Lipinski definition) is 4. The van der Waals surface area contributed by atoms with E-state index < -0.39 is 6.04 Å². The minimum Gasteiger partial charge on any atom is -0.300 e. The van der Waals surface area contributed by atoms with Crippen molar-refractivity contribution in [3.05, 3.63) is 41.2 Å². The number of fused-ring (bicyclic) bond motifs is 1. The number of anilines is 1. The van der Waals surface area contributed by atoms with Gasteiger partial charge in [-0.05, 0) is 31.0 Å². The highest BCUT2D eigenvalue weighted by atomic mass is 35.5. The third kappa shape index (κ3) is 2.98. The van der Waals surface area contributed by atoms with Crippen LogP contribution in [0.3, 0.4) is 0 Å². The molecule has 3 aromatic rings. The van der Waals surface area contributed by atoms with Crippen LogP contribution in [-0.2, 0) is 4.79 Å². The van der Waals surface area contributed by atoms with Crippen molar-refractivity contribution in [1.82, 2.24) is 14.8 Å². The van der Waals surface area contributed by atoms with Crippen LogP contribution in [0.2, 0.25) is 5.02 Å². The van der Waals surface area contributed by atoms with E-state index in [1.807, 2.05) is 26.0 Å². The van der Waals surface area contributed by atoms with E-state index in [2.05, 4.69) is 21.5 Å². The van der Waals surface area contributed by atoms with Crippen LogP contribution >= 0.6 is 22.9 Å². The van der Waals surface area contributed by atoms with Crippen LogP contribution in [0.5, 0.6) is 0 Å². The van der Waals surface area contributed by atoms with Crippen molar-refractivity contribution in [2.75, 3.05) is 5.32 Å². The number of thiazole rings is 1. The summed E-state index contributed by atoms with van der Waals surface area (Å²) < 4.78 is 2.64. The number of nitrogens with zero attached hydrogens (tertiary/aromatic N) is 3. The van der Waals surface area contributed by atoms with Crippen molar-refractivity contribution in [3.63, 3.8) is 0 Å². The zero-order valence-corrected chi connectivity index (χ0v) is 13.8. The van der Waals surface area contributed by atoms with Crippen LogP contribution in [-0.4, -0.2) is 20.7 Å². The molecule has 0 aliphatic carbocycles. The maximum atomic E-state index is 12.4. The van der Waals surface area contributed by atoms with Gasteiger partial charge in [0.15, 0.2) is 5.13 Å². The summed E-state index contributed by atoms with van der Waals surface area (Å²) in [7, 11) is 0. The van der Waals surface area contributed by atoms with E-state index in [9.17, 15) is 4.79 Å². The SMILES string of the molecule is CCC(C(=O)Nc1nc2ccc(C)cc2s1)n1cc(Cl)cn1. The zero-order chi connectivity index (χ0) is 15.7. The van der Waals surface area contributed by atoms with Gasteiger partial charge in [-0.25, -0.2) is 4.98 Å². The molecule has 0 fully saturated rings. The summed E-state index contributed by atoms with van der Waals surface area (Å²) in [4.78, 5) is 16.9. The van der Waals surface area contributed by atoms with Crippen molar-refractivity contribution < 1.29 is 4.79 Å². The number of benzene rings is 1. The van der Waals surface area contributed by atoms with Gasteiger partial charge in [-0.1, -0.05) is 35.9 Å². The van der Waals surface area contributed by atoms with Gasteiger partial charge in [-0.2, -0.15) is 5.10 Å². The van der Waals surface area contributed by atoms with Crippen molar-refractivity contribution >= 4 is 44.2 Å². The van der Waals surface area contributed by atoms with Gasteiger partial charge in [0, 0.05) is 6.20 Å².